The molecule has 0 saturated carbocycles. The van der Waals surface area contributed by atoms with Crippen LogP contribution < -0.4 is 10.2 Å². The van der Waals surface area contributed by atoms with Gasteiger partial charge in [-0.1, -0.05) is 6.07 Å². The Labute approximate surface area is 161 Å². The van der Waals surface area contributed by atoms with Gasteiger partial charge in [0.2, 0.25) is 0 Å². The van der Waals surface area contributed by atoms with Crippen molar-refractivity contribution in [3.8, 4) is 5.69 Å². The van der Waals surface area contributed by atoms with Crippen LogP contribution in [0.5, 0.6) is 0 Å². The molecule has 3 heterocycles. The van der Waals surface area contributed by atoms with E-state index in [1.807, 2.05) is 35.4 Å². The van der Waals surface area contributed by atoms with Crippen molar-refractivity contribution in [1.29, 1.82) is 0 Å². The minimum Gasteiger partial charge on any atom is -0.371 e. The Kier molecular flexibility index (Phi) is 5.49. The second-order valence-corrected chi connectivity index (χ2v) is 7.36. The van der Waals surface area contributed by atoms with Crippen molar-refractivity contribution in [2.75, 3.05) is 18.0 Å². The van der Waals surface area contributed by atoms with Crippen molar-refractivity contribution in [2.45, 2.75) is 38.3 Å². The molecule has 2 aromatic heterocycles. The van der Waals surface area contributed by atoms with Gasteiger partial charge in [-0.25, -0.2) is 4.68 Å². The molecule has 0 amide bonds. The summed E-state index contributed by atoms with van der Waals surface area (Å²) in [6.45, 7) is 4.46. The summed E-state index contributed by atoms with van der Waals surface area (Å²) in [5.74, 6) is 0. The molecule has 1 unspecified atom stereocenters. The van der Waals surface area contributed by atoms with Gasteiger partial charge >= 0.3 is 0 Å². The lowest BCUT2D eigenvalue weighted by Crippen LogP contribution is -2.46. The predicted octanol–water partition coefficient (Wildman–Crippen LogP) is 3.46. The van der Waals surface area contributed by atoms with Crippen LogP contribution in [0.1, 0.15) is 25.3 Å². The molecular formula is C22H27N5. The number of aromatic nitrogens is 3. The van der Waals surface area contributed by atoms with Crippen molar-refractivity contribution in [1.82, 2.24) is 20.1 Å². The second-order valence-electron chi connectivity index (χ2n) is 7.36. The van der Waals surface area contributed by atoms with Crippen molar-refractivity contribution >= 4 is 5.69 Å². The fourth-order valence-corrected chi connectivity index (χ4v) is 3.88. The number of nitrogens with one attached hydrogen (secondary N) is 1. The largest absolute Gasteiger partial charge is 0.371 e. The molecular weight excluding hydrogens is 334 g/mol. The molecule has 0 spiro atoms. The smallest absolute Gasteiger partial charge is 0.0647 e. The number of rotatable bonds is 6. The lowest BCUT2D eigenvalue weighted by Gasteiger charge is -2.35. The van der Waals surface area contributed by atoms with E-state index in [-0.39, 0.29) is 0 Å². The minimum atomic E-state index is 0.471. The number of hydrogen-bond acceptors (Lipinski definition) is 4. The van der Waals surface area contributed by atoms with Crippen LogP contribution in [-0.4, -0.2) is 39.9 Å². The van der Waals surface area contributed by atoms with E-state index in [0.29, 0.717) is 12.1 Å². The highest BCUT2D eigenvalue weighted by Gasteiger charge is 2.20. The normalized spacial score (nSPS) is 16.4. The third-order valence-electron chi connectivity index (χ3n) is 5.26. The van der Waals surface area contributed by atoms with E-state index in [1.54, 1.807) is 6.20 Å². The molecule has 0 bridgehead atoms. The van der Waals surface area contributed by atoms with Crippen LogP contribution in [0.3, 0.4) is 0 Å². The Bertz CT molecular complexity index is 806. The highest BCUT2D eigenvalue weighted by atomic mass is 15.3. The Balaban J connectivity index is 1.27. The highest BCUT2D eigenvalue weighted by molar-refractivity contribution is 5.51. The fourth-order valence-electron chi connectivity index (χ4n) is 3.88. The lowest BCUT2D eigenvalue weighted by atomic mass is 10.0. The quantitative estimate of drug-likeness (QED) is 0.730. The third kappa shape index (κ3) is 4.55. The zero-order valence-corrected chi connectivity index (χ0v) is 15.8. The molecule has 5 heteroatoms. The van der Waals surface area contributed by atoms with Crippen LogP contribution in [0.2, 0.25) is 0 Å². The molecule has 27 heavy (non-hydrogen) atoms. The summed E-state index contributed by atoms with van der Waals surface area (Å²) in [6, 6.07) is 15.9. The summed E-state index contributed by atoms with van der Waals surface area (Å²) < 4.78 is 1.89. The van der Waals surface area contributed by atoms with Gasteiger partial charge in [0.25, 0.3) is 0 Å². The van der Waals surface area contributed by atoms with Crippen molar-refractivity contribution in [3.63, 3.8) is 0 Å². The average molecular weight is 361 g/mol. The minimum absolute atomic E-state index is 0.471. The second kappa shape index (κ2) is 8.35. The standard InChI is InChI=1S/C22H27N5/c1-18(16-19-4-2-11-23-17-19)25-20-9-14-26(15-10-20)21-5-7-22(8-6-21)27-13-3-12-24-27/h2-8,11-13,17-18,20,25H,9-10,14-16H2,1H3. The summed E-state index contributed by atoms with van der Waals surface area (Å²) in [7, 11) is 0. The Morgan fingerprint density at radius 2 is 1.81 bits per heavy atom. The molecule has 140 valence electrons. The van der Waals surface area contributed by atoms with Gasteiger partial charge in [-0.15, -0.1) is 0 Å². The molecule has 1 aliphatic rings. The van der Waals surface area contributed by atoms with Crippen LogP contribution in [0.25, 0.3) is 5.69 Å². The first-order chi connectivity index (χ1) is 13.3. The number of piperidine rings is 1. The molecule has 1 fully saturated rings. The van der Waals surface area contributed by atoms with E-state index in [4.69, 9.17) is 0 Å². The molecule has 1 saturated heterocycles. The van der Waals surface area contributed by atoms with Crippen LogP contribution in [-0.2, 0) is 6.42 Å². The fraction of sp³-hybridized carbons (Fsp3) is 0.364. The molecule has 0 radical (unpaired) electrons. The number of anilines is 1. The average Bonchev–Trinajstić information content (AvgIpc) is 3.24. The molecule has 5 nitrogen and oxygen atoms in total. The zero-order valence-electron chi connectivity index (χ0n) is 15.8. The van der Waals surface area contributed by atoms with E-state index < -0.39 is 0 Å². The van der Waals surface area contributed by atoms with Crippen LogP contribution in [0, 0.1) is 0 Å². The van der Waals surface area contributed by atoms with Gasteiger partial charge in [0.05, 0.1) is 5.69 Å². The number of pyridine rings is 1. The molecule has 3 aromatic rings. The predicted molar refractivity (Wildman–Crippen MR) is 109 cm³/mol. The summed E-state index contributed by atoms with van der Waals surface area (Å²) >= 11 is 0. The zero-order chi connectivity index (χ0) is 18.5. The van der Waals surface area contributed by atoms with Crippen molar-refractivity contribution < 1.29 is 0 Å². The summed E-state index contributed by atoms with van der Waals surface area (Å²) in [5.41, 5.74) is 3.70. The van der Waals surface area contributed by atoms with Gasteiger partial charge in [-0.05, 0) is 68.1 Å². The monoisotopic (exact) mass is 361 g/mol. The first-order valence-electron chi connectivity index (χ1n) is 9.78. The first kappa shape index (κ1) is 17.7. The topological polar surface area (TPSA) is 46.0 Å². The van der Waals surface area contributed by atoms with Crippen LogP contribution >= 0.6 is 0 Å². The lowest BCUT2D eigenvalue weighted by molar-refractivity contribution is 0.375. The molecule has 1 atom stereocenters. The van der Waals surface area contributed by atoms with Gasteiger partial charge in [0, 0.05) is 55.6 Å². The highest BCUT2D eigenvalue weighted by Crippen LogP contribution is 2.22. The van der Waals surface area contributed by atoms with Crippen LogP contribution in [0.4, 0.5) is 5.69 Å². The number of benzene rings is 1. The Morgan fingerprint density at radius 3 is 2.48 bits per heavy atom. The molecule has 4 rings (SSSR count). The third-order valence-corrected chi connectivity index (χ3v) is 5.26. The van der Waals surface area contributed by atoms with E-state index in [2.05, 4.69) is 57.6 Å². The van der Waals surface area contributed by atoms with Gasteiger partial charge in [0.15, 0.2) is 0 Å². The maximum Gasteiger partial charge on any atom is 0.0647 e. The summed E-state index contributed by atoms with van der Waals surface area (Å²) in [6.07, 6.45) is 11.0. The van der Waals surface area contributed by atoms with Gasteiger partial charge < -0.3 is 10.2 Å². The summed E-state index contributed by atoms with van der Waals surface area (Å²) in [4.78, 5) is 6.69. The maximum atomic E-state index is 4.29. The molecule has 1 aromatic carbocycles. The Hall–Kier alpha value is -2.66. The van der Waals surface area contributed by atoms with E-state index in [9.17, 15) is 0 Å². The van der Waals surface area contributed by atoms with Gasteiger partial charge in [-0.3, -0.25) is 4.98 Å². The van der Waals surface area contributed by atoms with Gasteiger partial charge in [-0.2, -0.15) is 5.10 Å². The van der Waals surface area contributed by atoms with Crippen molar-refractivity contribution in [3.05, 3.63) is 72.8 Å². The Morgan fingerprint density at radius 1 is 1.04 bits per heavy atom. The van der Waals surface area contributed by atoms with Crippen LogP contribution in [0.15, 0.2) is 67.3 Å². The molecule has 0 aliphatic carbocycles. The number of hydrogen-bond donors (Lipinski definition) is 1. The number of nitrogens with zero attached hydrogens (tertiary/aromatic N) is 4. The van der Waals surface area contributed by atoms with Gasteiger partial charge in [0.1, 0.15) is 0 Å². The SMILES string of the molecule is CC(Cc1cccnc1)NC1CCN(c2ccc(-n3cccn3)cc2)CC1. The van der Waals surface area contributed by atoms with E-state index in [1.165, 1.54) is 24.1 Å². The van der Waals surface area contributed by atoms with E-state index in [0.717, 1.165) is 25.2 Å². The van der Waals surface area contributed by atoms with Crippen molar-refractivity contribution in [2.24, 2.45) is 0 Å². The molecule has 1 aliphatic heterocycles. The maximum absolute atomic E-state index is 4.29. The summed E-state index contributed by atoms with van der Waals surface area (Å²) in [5, 5.41) is 8.09. The first-order valence-corrected chi connectivity index (χ1v) is 9.78. The van der Waals surface area contributed by atoms with E-state index >= 15 is 0 Å². The molecule has 1 N–H and O–H groups in total.